The molecule has 1 unspecified atom stereocenters. The molecule has 0 heterocycles. The molecule has 0 saturated heterocycles. The van der Waals surface area contributed by atoms with Gasteiger partial charge in [-0.1, -0.05) is 12.1 Å². The second kappa shape index (κ2) is 6.33. The Kier molecular flexibility index (Phi) is 4.73. The molecule has 2 N–H and O–H groups in total. The molecule has 106 valence electrons. The number of benzene rings is 2. The van der Waals surface area contributed by atoms with Gasteiger partial charge in [0.15, 0.2) is 11.6 Å². The quantitative estimate of drug-likeness (QED) is 0.893. The Hall–Kier alpha value is -1.46. The van der Waals surface area contributed by atoms with E-state index in [1.54, 1.807) is 18.2 Å². The van der Waals surface area contributed by atoms with E-state index in [-0.39, 0.29) is 17.5 Å². The Bertz CT molecular complexity index is 617. The van der Waals surface area contributed by atoms with Crippen LogP contribution < -0.4 is 10.5 Å². The summed E-state index contributed by atoms with van der Waals surface area (Å²) in [6.45, 7) is 1.83. The summed E-state index contributed by atoms with van der Waals surface area (Å²) in [6, 6.07) is 8.80. The van der Waals surface area contributed by atoms with Gasteiger partial charge in [-0.15, -0.1) is 0 Å². The highest BCUT2D eigenvalue weighted by molar-refractivity contribution is 9.10. The van der Waals surface area contributed by atoms with Crippen LogP contribution in [-0.4, -0.2) is 6.04 Å². The van der Waals surface area contributed by atoms with Gasteiger partial charge in [-0.2, -0.15) is 0 Å². The predicted octanol–water partition coefficient (Wildman–Crippen LogP) is 4.41. The summed E-state index contributed by atoms with van der Waals surface area (Å²) in [5, 5.41) is 0. The molecule has 5 heteroatoms. The van der Waals surface area contributed by atoms with Crippen LogP contribution in [0.2, 0.25) is 0 Å². The summed E-state index contributed by atoms with van der Waals surface area (Å²) < 4.78 is 33.2. The minimum absolute atomic E-state index is 0.0894. The molecule has 0 aliphatic rings. The van der Waals surface area contributed by atoms with Crippen molar-refractivity contribution in [3.63, 3.8) is 0 Å². The Morgan fingerprint density at radius 2 is 1.95 bits per heavy atom. The van der Waals surface area contributed by atoms with E-state index in [2.05, 4.69) is 15.9 Å². The average molecular weight is 342 g/mol. The van der Waals surface area contributed by atoms with Crippen molar-refractivity contribution in [1.82, 2.24) is 0 Å². The number of para-hydroxylation sites is 1. The van der Waals surface area contributed by atoms with Crippen LogP contribution in [0.25, 0.3) is 0 Å². The number of nitrogens with two attached hydrogens (primary N) is 1. The third-order valence-electron chi connectivity index (χ3n) is 2.70. The zero-order chi connectivity index (χ0) is 14.7. The van der Waals surface area contributed by atoms with E-state index in [4.69, 9.17) is 10.5 Å². The minimum Gasteiger partial charge on any atom is -0.454 e. The second-order valence-electron chi connectivity index (χ2n) is 4.59. The van der Waals surface area contributed by atoms with Gasteiger partial charge in [-0.05, 0) is 53.0 Å². The standard InChI is InChI=1S/C15H14BrF2NO/c1-9(19)7-10-3-2-4-13(17)15(10)20-11-5-6-12(16)14(18)8-11/h2-6,8-9H,7,19H2,1H3. The van der Waals surface area contributed by atoms with Crippen molar-refractivity contribution >= 4 is 15.9 Å². The summed E-state index contributed by atoms with van der Waals surface area (Å²) in [5.41, 5.74) is 6.39. The van der Waals surface area contributed by atoms with E-state index >= 15 is 0 Å². The minimum atomic E-state index is -0.494. The third-order valence-corrected chi connectivity index (χ3v) is 3.34. The summed E-state index contributed by atoms with van der Waals surface area (Å²) in [7, 11) is 0. The van der Waals surface area contributed by atoms with Crippen LogP contribution in [0, 0.1) is 11.6 Å². The van der Waals surface area contributed by atoms with Crippen LogP contribution in [-0.2, 0) is 6.42 Å². The van der Waals surface area contributed by atoms with Crippen molar-refractivity contribution in [1.29, 1.82) is 0 Å². The normalized spacial score (nSPS) is 12.2. The van der Waals surface area contributed by atoms with Crippen molar-refractivity contribution in [2.24, 2.45) is 5.73 Å². The van der Waals surface area contributed by atoms with E-state index in [9.17, 15) is 8.78 Å². The molecule has 2 aromatic carbocycles. The van der Waals surface area contributed by atoms with Gasteiger partial charge in [0.05, 0.1) is 4.47 Å². The molecule has 1 atom stereocenters. The molecule has 2 nitrogen and oxygen atoms in total. The van der Waals surface area contributed by atoms with E-state index in [1.807, 2.05) is 6.92 Å². The molecule has 0 saturated carbocycles. The maximum atomic E-state index is 13.9. The van der Waals surface area contributed by atoms with Gasteiger partial charge in [-0.3, -0.25) is 0 Å². The molecule has 0 aliphatic heterocycles. The third kappa shape index (κ3) is 3.55. The lowest BCUT2D eigenvalue weighted by Crippen LogP contribution is -2.18. The topological polar surface area (TPSA) is 35.2 Å². The van der Waals surface area contributed by atoms with Crippen LogP contribution in [0.5, 0.6) is 11.5 Å². The SMILES string of the molecule is CC(N)Cc1cccc(F)c1Oc1ccc(Br)c(F)c1. The largest absolute Gasteiger partial charge is 0.454 e. The lowest BCUT2D eigenvalue weighted by Gasteiger charge is -2.13. The van der Waals surface area contributed by atoms with Gasteiger partial charge < -0.3 is 10.5 Å². The summed E-state index contributed by atoms with van der Waals surface area (Å²) in [6.07, 6.45) is 0.478. The first-order chi connectivity index (χ1) is 9.47. The van der Waals surface area contributed by atoms with Crippen molar-refractivity contribution < 1.29 is 13.5 Å². The first-order valence-corrected chi connectivity index (χ1v) is 6.92. The number of hydrogen-bond acceptors (Lipinski definition) is 2. The fourth-order valence-corrected chi connectivity index (χ4v) is 2.08. The average Bonchev–Trinajstić information content (AvgIpc) is 2.37. The molecule has 0 radical (unpaired) electrons. The van der Waals surface area contributed by atoms with Gasteiger partial charge in [0.2, 0.25) is 0 Å². The molecule has 0 aliphatic carbocycles. The van der Waals surface area contributed by atoms with Crippen molar-refractivity contribution in [2.75, 3.05) is 0 Å². The van der Waals surface area contributed by atoms with E-state index < -0.39 is 11.6 Å². The molecule has 0 spiro atoms. The van der Waals surface area contributed by atoms with Gasteiger partial charge in [0, 0.05) is 12.1 Å². The number of hydrogen-bond donors (Lipinski definition) is 1. The highest BCUT2D eigenvalue weighted by Gasteiger charge is 2.13. The molecule has 0 fully saturated rings. The van der Waals surface area contributed by atoms with Crippen LogP contribution in [0.15, 0.2) is 40.9 Å². The first-order valence-electron chi connectivity index (χ1n) is 6.13. The molecular formula is C15H14BrF2NO. The zero-order valence-corrected chi connectivity index (χ0v) is 12.5. The Balaban J connectivity index is 2.34. The van der Waals surface area contributed by atoms with Crippen molar-refractivity contribution in [3.05, 3.63) is 58.1 Å². The summed E-state index contributed by atoms with van der Waals surface area (Å²) in [4.78, 5) is 0. The molecular weight excluding hydrogens is 328 g/mol. The smallest absolute Gasteiger partial charge is 0.166 e. The van der Waals surface area contributed by atoms with Gasteiger partial charge >= 0.3 is 0 Å². The lowest BCUT2D eigenvalue weighted by molar-refractivity contribution is 0.431. The molecule has 2 rings (SSSR count). The highest BCUT2D eigenvalue weighted by atomic mass is 79.9. The first kappa shape index (κ1) is 14.9. The number of rotatable bonds is 4. The summed E-state index contributed by atoms with van der Waals surface area (Å²) >= 11 is 3.06. The van der Waals surface area contributed by atoms with Crippen LogP contribution in [0.1, 0.15) is 12.5 Å². The molecule has 0 aromatic heterocycles. The molecule has 0 amide bonds. The monoisotopic (exact) mass is 341 g/mol. The van der Waals surface area contributed by atoms with Crippen LogP contribution in [0.4, 0.5) is 8.78 Å². The van der Waals surface area contributed by atoms with E-state index in [1.165, 1.54) is 18.2 Å². The molecule has 20 heavy (non-hydrogen) atoms. The van der Waals surface area contributed by atoms with E-state index in [0.29, 0.717) is 16.5 Å². The maximum Gasteiger partial charge on any atom is 0.166 e. The number of halogens is 3. The predicted molar refractivity (Wildman–Crippen MR) is 77.9 cm³/mol. The Morgan fingerprint density at radius 1 is 1.20 bits per heavy atom. The zero-order valence-electron chi connectivity index (χ0n) is 10.9. The Labute approximate surface area is 124 Å². The summed E-state index contributed by atoms with van der Waals surface area (Å²) in [5.74, 6) is -0.632. The fourth-order valence-electron chi connectivity index (χ4n) is 1.83. The molecule has 0 bridgehead atoms. The Morgan fingerprint density at radius 3 is 2.60 bits per heavy atom. The second-order valence-corrected chi connectivity index (χ2v) is 5.44. The van der Waals surface area contributed by atoms with Crippen LogP contribution >= 0.6 is 15.9 Å². The number of ether oxygens (including phenoxy) is 1. The molecule has 2 aromatic rings. The van der Waals surface area contributed by atoms with Gasteiger partial charge in [0.25, 0.3) is 0 Å². The van der Waals surface area contributed by atoms with Crippen molar-refractivity contribution in [2.45, 2.75) is 19.4 Å². The van der Waals surface area contributed by atoms with Crippen LogP contribution in [0.3, 0.4) is 0 Å². The maximum absolute atomic E-state index is 13.9. The van der Waals surface area contributed by atoms with Gasteiger partial charge in [0.1, 0.15) is 11.6 Å². The fraction of sp³-hybridized carbons (Fsp3) is 0.200. The lowest BCUT2D eigenvalue weighted by atomic mass is 10.1. The highest BCUT2D eigenvalue weighted by Crippen LogP contribution is 2.31. The van der Waals surface area contributed by atoms with Gasteiger partial charge in [-0.25, -0.2) is 8.78 Å². The van der Waals surface area contributed by atoms with Crippen molar-refractivity contribution in [3.8, 4) is 11.5 Å². The van der Waals surface area contributed by atoms with E-state index in [0.717, 1.165) is 0 Å².